The van der Waals surface area contributed by atoms with Gasteiger partial charge in [-0.15, -0.1) is 11.3 Å². The highest BCUT2D eigenvalue weighted by atomic mass is 32.1. The molecule has 0 radical (unpaired) electrons. The Morgan fingerprint density at radius 3 is 2.39 bits per heavy atom. The van der Waals surface area contributed by atoms with Crippen molar-refractivity contribution in [1.82, 2.24) is 10.3 Å². The molecule has 0 saturated heterocycles. The van der Waals surface area contributed by atoms with E-state index in [1.165, 1.54) is 30.4 Å². The fourth-order valence-electron chi connectivity index (χ4n) is 2.57. The predicted molar refractivity (Wildman–Crippen MR) is 117 cm³/mol. The first-order valence-electron chi connectivity index (χ1n) is 9.50. The molecule has 0 spiro atoms. The monoisotopic (exact) mass is 439 g/mol. The molecule has 1 heterocycles. The van der Waals surface area contributed by atoms with Crippen LogP contribution in [0.15, 0.2) is 53.9 Å². The molecule has 0 atom stereocenters. The molecule has 9 heteroatoms. The lowest BCUT2D eigenvalue weighted by Crippen LogP contribution is -2.18. The van der Waals surface area contributed by atoms with E-state index >= 15 is 0 Å². The normalized spacial score (nSPS) is 10.3. The highest BCUT2D eigenvalue weighted by Gasteiger charge is 2.11. The van der Waals surface area contributed by atoms with Gasteiger partial charge in [-0.25, -0.2) is 9.78 Å². The van der Waals surface area contributed by atoms with Crippen LogP contribution >= 0.6 is 11.3 Å². The van der Waals surface area contributed by atoms with Crippen LogP contribution in [0.25, 0.3) is 11.3 Å². The smallest absolute Gasteiger partial charge is 0.434 e. The van der Waals surface area contributed by atoms with Crippen LogP contribution in [0.3, 0.4) is 0 Å². The quantitative estimate of drug-likeness (QED) is 0.421. The van der Waals surface area contributed by atoms with Crippen LogP contribution in [0.2, 0.25) is 0 Å². The second kappa shape index (κ2) is 10.4. The Morgan fingerprint density at radius 2 is 1.74 bits per heavy atom. The number of nitrogens with zero attached hydrogens (tertiary/aromatic N) is 1. The van der Waals surface area contributed by atoms with Gasteiger partial charge >= 0.3 is 6.16 Å². The number of amides is 2. The molecule has 2 amide bonds. The van der Waals surface area contributed by atoms with E-state index in [1.807, 2.05) is 29.6 Å². The van der Waals surface area contributed by atoms with Crippen molar-refractivity contribution in [1.29, 1.82) is 0 Å². The molecule has 0 bridgehead atoms. The van der Waals surface area contributed by atoms with Crippen LogP contribution in [0.1, 0.15) is 29.8 Å². The van der Waals surface area contributed by atoms with Gasteiger partial charge in [-0.05, 0) is 36.8 Å². The molecule has 3 aromatic rings. The van der Waals surface area contributed by atoms with E-state index in [0.29, 0.717) is 17.2 Å². The van der Waals surface area contributed by atoms with Crippen LogP contribution in [0.5, 0.6) is 5.75 Å². The molecule has 2 N–H and O–H groups in total. The summed E-state index contributed by atoms with van der Waals surface area (Å²) in [6.45, 7) is 3.85. The van der Waals surface area contributed by atoms with Crippen LogP contribution in [0, 0.1) is 0 Å². The van der Waals surface area contributed by atoms with E-state index in [-0.39, 0.29) is 24.2 Å². The summed E-state index contributed by atoms with van der Waals surface area (Å²) in [6.07, 6.45) is -0.793. The summed E-state index contributed by atoms with van der Waals surface area (Å²) in [5.41, 5.74) is 3.03. The maximum atomic E-state index is 12.5. The lowest BCUT2D eigenvalue weighted by Gasteiger charge is -2.05. The Kier molecular flexibility index (Phi) is 7.34. The molecule has 0 unspecified atom stereocenters. The van der Waals surface area contributed by atoms with Crippen molar-refractivity contribution in [2.24, 2.45) is 0 Å². The zero-order chi connectivity index (χ0) is 22.2. The van der Waals surface area contributed by atoms with Gasteiger partial charge in [-0.1, -0.05) is 24.3 Å². The largest absolute Gasteiger partial charge is 0.513 e. The first-order valence-corrected chi connectivity index (χ1v) is 10.4. The van der Waals surface area contributed by atoms with Crippen molar-refractivity contribution in [3.63, 3.8) is 0 Å². The zero-order valence-electron chi connectivity index (χ0n) is 17.0. The van der Waals surface area contributed by atoms with Crippen molar-refractivity contribution in [3.8, 4) is 17.0 Å². The number of anilines is 1. The third kappa shape index (κ3) is 6.38. The number of carbonyl (C=O) groups is 3. The maximum Gasteiger partial charge on any atom is 0.513 e. The summed E-state index contributed by atoms with van der Waals surface area (Å²) in [5.74, 6) is -0.118. The Morgan fingerprint density at radius 1 is 1.03 bits per heavy atom. The Labute approximate surface area is 183 Å². The first kappa shape index (κ1) is 22.0. The summed E-state index contributed by atoms with van der Waals surface area (Å²) in [7, 11) is 0. The molecule has 2 aromatic carbocycles. The van der Waals surface area contributed by atoms with E-state index in [0.717, 1.165) is 16.8 Å². The van der Waals surface area contributed by atoms with Gasteiger partial charge < -0.3 is 14.8 Å². The lowest BCUT2D eigenvalue weighted by atomic mass is 10.1. The highest BCUT2D eigenvalue weighted by molar-refractivity contribution is 7.14. The molecule has 1 aromatic heterocycles. The fourth-order valence-corrected chi connectivity index (χ4v) is 3.29. The highest BCUT2D eigenvalue weighted by Crippen LogP contribution is 2.25. The van der Waals surface area contributed by atoms with Crippen LogP contribution in [0.4, 0.5) is 9.93 Å². The van der Waals surface area contributed by atoms with Crippen molar-refractivity contribution in [3.05, 3.63) is 65.0 Å². The van der Waals surface area contributed by atoms with Gasteiger partial charge in [0.15, 0.2) is 5.13 Å². The van der Waals surface area contributed by atoms with E-state index in [4.69, 9.17) is 9.47 Å². The van der Waals surface area contributed by atoms with E-state index < -0.39 is 6.16 Å². The Balaban J connectivity index is 1.59. The third-order valence-corrected chi connectivity index (χ3v) is 4.85. The zero-order valence-corrected chi connectivity index (χ0v) is 17.8. The summed E-state index contributed by atoms with van der Waals surface area (Å²) in [4.78, 5) is 39.2. The number of rotatable bonds is 7. The van der Waals surface area contributed by atoms with Crippen LogP contribution < -0.4 is 15.4 Å². The minimum atomic E-state index is -0.793. The topological polar surface area (TPSA) is 107 Å². The van der Waals surface area contributed by atoms with Gasteiger partial charge in [0.1, 0.15) is 5.75 Å². The summed E-state index contributed by atoms with van der Waals surface area (Å²) >= 11 is 1.32. The van der Waals surface area contributed by atoms with Crippen molar-refractivity contribution in [2.45, 2.75) is 20.4 Å². The number of hydrogen-bond acceptors (Lipinski definition) is 7. The second-order valence-electron chi connectivity index (χ2n) is 6.41. The van der Waals surface area contributed by atoms with Gasteiger partial charge in [-0.2, -0.15) is 0 Å². The number of benzene rings is 2. The first-order chi connectivity index (χ1) is 14.9. The summed E-state index contributed by atoms with van der Waals surface area (Å²) in [5, 5.41) is 7.83. The molecule has 0 aliphatic heterocycles. The van der Waals surface area contributed by atoms with Crippen molar-refractivity contribution < 1.29 is 23.9 Å². The van der Waals surface area contributed by atoms with Gasteiger partial charge in [0, 0.05) is 30.0 Å². The fraction of sp³-hybridized carbons (Fsp3) is 0.182. The predicted octanol–water partition coefficient (Wildman–Crippen LogP) is 4.23. The van der Waals surface area contributed by atoms with Crippen LogP contribution in [-0.4, -0.2) is 29.6 Å². The van der Waals surface area contributed by atoms with Gasteiger partial charge in [0.25, 0.3) is 5.91 Å². The molecular formula is C22H21N3O5S. The summed E-state index contributed by atoms with van der Waals surface area (Å²) in [6, 6.07) is 13.8. The second-order valence-corrected chi connectivity index (χ2v) is 7.27. The number of aromatic nitrogens is 1. The standard InChI is InChI=1S/C22H21N3O5S/c1-3-29-22(28)30-18-10-8-17(9-11-18)20(27)25-21-24-19(13-31-21)16-6-4-15(5-7-16)12-23-14(2)26/h4-11,13H,3,12H2,1-2H3,(H,23,26)(H,24,25,27). The Hall–Kier alpha value is -3.72. The molecule has 0 aliphatic carbocycles. The van der Waals surface area contributed by atoms with Gasteiger partial charge in [-0.3, -0.25) is 14.9 Å². The third-order valence-electron chi connectivity index (χ3n) is 4.10. The van der Waals surface area contributed by atoms with E-state index in [1.54, 1.807) is 19.1 Å². The van der Waals surface area contributed by atoms with Crippen molar-refractivity contribution in [2.75, 3.05) is 11.9 Å². The SMILES string of the molecule is CCOC(=O)Oc1ccc(C(=O)Nc2nc(-c3ccc(CNC(C)=O)cc3)cs2)cc1. The van der Waals surface area contributed by atoms with Crippen molar-refractivity contribution >= 4 is 34.4 Å². The van der Waals surface area contributed by atoms with Gasteiger partial charge in [0.05, 0.1) is 12.3 Å². The Bertz CT molecular complexity index is 1060. The molecule has 3 rings (SSSR count). The maximum absolute atomic E-state index is 12.5. The molecular weight excluding hydrogens is 418 g/mol. The number of hydrogen-bond donors (Lipinski definition) is 2. The van der Waals surface area contributed by atoms with E-state index in [2.05, 4.69) is 15.6 Å². The molecule has 0 fully saturated rings. The minimum Gasteiger partial charge on any atom is -0.434 e. The lowest BCUT2D eigenvalue weighted by molar-refractivity contribution is -0.119. The number of nitrogens with one attached hydrogen (secondary N) is 2. The summed E-state index contributed by atoms with van der Waals surface area (Å²) < 4.78 is 9.68. The molecule has 8 nitrogen and oxygen atoms in total. The molecule has 0 aliphatic rings. The number of ether oxygens (including phenoxy) is 2. The molecule has 160 valence electrons. The number of carbonyl (C=O) groups excluding carboxylic acids is 3. The molecule has 0 saturated carbocycles. The van der Waals surface area contributed by atoms with Crippen LogP contribution in [-0.2, 0) is 16.1 Å². The average Bonchev–Trinajstić information content (AvgIpc) is 3.21. The minimum absolute atomic E-state index is 0.0786. The van der Waals surface area contributed by atoms with E-state index in [9.17, 15) is 14.4 Å². The average molecular weight is 439 g/mol. The molecule has 31 heavy (non-hydrogen) atoms. The number of thiazole rings is 1. The van der Waals surface area contributed by atoms with Gasteiger partial charge in [0.2, 0.25) is 5.91 Å².